The Morgan fingerprint density at radius 1 is 1.02 bits per heavy atom. The van der Waals surface area contributed by atoms with Crippen molar-refractivity contribution in [1.29, 1.82) is 0 Å². The number of ether oxygens (including phenoxy) is 1. The highest BCUT2D eigenvalue weighted by Crippen LogP contribution is 2.34. The number of fused-ring (bicyclic) bond motifs is 1. The normalized spacial score (nSPS) is 16.4. The Balaban J connectivity index is 1.23. The number of hydrogen-bond donors (Lipinski definition) is 3. The number of carbonyl (C=O) groups excluding carboxylic acids is 2. The van der Waals surface area contributed by atoms with Crippen molar-refractivity contribution in [3.05, 3.63) is 89.1 Å². The zero-order chi connectivity index (χ0) is 32.2. The second kappa shape index (κ2) is 14.1. The fourth-order valence-corrected chi connectivity index (χ4v) is 6.20. The quantitative estimate of drug-likeness (QED) is 0.178. The predicted octanol–water partition coefficient (Wildman–Crippen LogP) is 6.31. The van der Waals surface area contributed by atoms with Crippen LogP contribution in [0.1, 0.15) is 36.8 Å². The minimum absolute atomic E-state index is 0.255. The summed E-state index contributed by atoms with van der Waals surface area (Å²) in [6.45, 7) is 5.79. The van der Waals surface area contributed by atoms with Gasteiger partial charge in [-0.1, -0.05) is 42.8 Å². The number of para-hydroxylation sites is 1. The van der Waals surface area contributed by atoms with Crippen LogP contribution in [0, 0.1) is 5.92 Å². The van der Waals surface area contributed by atoms with Crippen molar-refractivity contribution in [2.75, 3.05) is 57.1 Å². The zero-order valence-corrected chi connectivity index (χ0v) is 27.5. The maximum Gasteiger partial charge on any atom is 0.318 e. The third kappa shape index (κ3) is 7.59. The van der Waals surface area contributed by atoms with Crippen LogP contribution in [0.25, 0.3) is 10.9 Å². The van der Waals surface area contributed by atoms with E-state index in [0.29, 0.717) is 55.2 Å². The number of H-pyrrole nitrogens is 1. The Bertz CT molecular complexity index is 1660. The zero-order valence-electron chi connectivity index (χ0n) is 26.8. The van der Waals surface area contributed by atoms with Gasteiger partial charge < -0.3 is 35.1 Å². The molecule has 2 aliphatic rings. The number of aromatic nitrogens is 1. The minimum Gasteiger partial charge on any atom is -0.491 e. The molecule has 1 aromatic heterocycles. The summed E-state index contributed by atoms with van der Waals surface area (Å²) in [5, 5.41) is 8.00. The monoisotopic (exact) mass is 642 g/mol. The number of carbonyl (C=O) groups is 2. The van der Waals surface area contributed by atoms with Gasteiger partial charge in [-0.05, 0) is 86.4 Å². The fourth-order valence-electron chi connectivity index (χ4n) is 6.08. The Morgan fingerprint density at radius 2 is 1.76 bits per heavy atom. The first-order valence-electron chi connectivity index (χ1n) is 16.1. The minimum atomic E-state index is -0.838. The van der Waals surface area contributed by atoms with E-state index in [1.807, 2.05) is 93.9 Å². The molecule has 0 radical (unpaired) electrons. The van der Waals surface area contributed by atoms with Crippen molar-refractivity contribution < 1.29 is 14.3 Å². The molecule has 3 aromatic carbocycles. The van der Waals surface area contributed by atoms with E-state index in [4.69, 9.17) is 16.3 Å². The molecule has 1 saturated carbocycles. The van der Waals surface area contributed by atoms with Crippen LogP contribution in [0.5, 0.6) is 5.75 Å². The number of halogens is 1. The molecule has 4 aromatic rings. The van der Waals surface area contributed by atoms with Gasteiger partial charge in [-0.25, -0.2) is 4.79 Å². The molecule has 6 rings (SSSR count). The van der Waals surface area contributed by atoms with Gasteiger partial charge in [0.1, 0.15) is 11.8 Å². The summed E-state index contributed by atoms with van der Waals surface area (Å²) in [6.07, 6.45) is 4.28. The van der Waals surface area contributed by atoms with Crippen molar-refractivity contribution >= 4 is 45.8 Å². The highest BCUT2D eigenvalue weighted by atomic mass is 35.5. The Morgan fingerprint density at radius 3 is 2.48 bits per heavy atom. The van der Waals surface area contributed by atoms with Gasteiger partial charge in [-0.15, -0.1) is 0 Å². The van der Waals surface area contributed by atoms with Gasteiger partial charge in [0, 0.05) is 66.5 Å². The van der Waals surface area contributed by atoms with Crippen LogP contribution in [0.15, 0.2) is 72.9 Å². The first-order valence-corrected chi connectivity index (χ1v) is 16.5. The maximum atomic E-state index is 14.3. The summed E-state index contributed by atoms with van der Waals surface area (Å²) in [5.74, 6) is 0.602. The lowest BCUT2D eigenvalue weighted by Gasteiger charge is -2.37. The lowest BCUT2D eigenvalue weighted by Crippen LogP contribution is -2.56. The predicted molar refractivity (Wildman–Crippen MR) is 185 cm³/mol. The third-order valence-electron chi connectivity index (χ3n) is 8.90. The molecule has 46 heavy (non-hydrogen) atoms. The number of anilines is 2. The van der Waals surface area contributed by atoms with Crippen LogP contribution < -0.4 is 20.3 Å². The first kappa shape index (κ1) is 31.8. The van der Waals surface area contributed by atoms with Crippen LogP contribution in [0.4, 0.5) is 16.2 Å². The SMILES string of the molecule is CC(c1c[nH]c2ccccc12)C(NC(=O)N1CCN(c2ccc(Cl)cc2)CC1)C(=O)Nc1cc(CN(C)C)ccc1OCC1CC1. The van der Waals surface area contributed by atoms with Crippen molar-refractivity contribution in [1.82, 2.24) is 20.1 Å². The average molecular weight is 643 g/mol. The highest BCUT2D eigenvalue weighted by molar-refractivity contribution is 6.30. The van der Waals surface area contributed by atoms with Crippen LogP contribution in [-0.4, -0.2) is 79.6 Å². The number of nitrogens with one attached hydrogen (secondary N) is 3. The van der Waals surface area contributed by atoms with Crippen LogP contribution in [0.3, 0.4) is 0 Å². The number of amides is 3. The largest absolute Gasteiger partial charge is 0.491 e. The summed E-state index contributed by atoms with van der Waals surface area (Å²) in [7, 11) is 4.03. The van der Waals surface area contributed by atoms with Crippen LogP contribution >= 0.6 is 11.6 Å². The van der Waals surface area contributed by atoms with Gasteiger partial charge in [-0.2, -0.15) is 0 Å². The van der Waals surface area contributed by atoms with E-state index in [2.05, 4.69) is 25.4 Å². The number of rotatable bonds is 11. The molecule has 2 unspecified atom stereocenters. The Kier molecular flexibility index (Phi) is 9.70. The topological polar surface area (TPSA) is 92.9 Å². The van der Waals surface area contributed by atoms with E-state index in [1.165, 1.54) is 12.8 Å². The van der Waals surface area contributed by atoms with Gasteiger partial charge >= 0.3 is 6.03 Å². The van der Waals surface area contributed by atoms with Gasteiger partial charge in [0.2, 0.25) is 5.91 Å². The van der Waals surface area contributed by atoms with E-state index >= 15 is 0 Å². The Hall–Kier alpha value is -4.21. The smallest absolute Gasteiger partial charge is 0.318 e. The van der Waals surface area contributed by atoms with Crippen molar-refractivity contribution in [3.8, 4) is 5.75 Å². The standard InChI is InChI=1S/C36H43ClN6O3/c1-24(30-21-38-31-7-5-4-6-29(30)31)34(40-36(45)43-18-16-42(17-19-43)28-13-11-27(37)12-14-28)35(44)39-32-20-26(22-41(2)3)10-15-33(32)46-23-25-8-9-25/h4-7,10-15,20-21,24-25,34,38H,8-9,16-19,22-23H2,1-3H3,(H,39,44)(H,40,45). The maximum absolute atomic E-state index is 14.3. The molecule has 2 atom stereocenters. The van der Waals surface area contributed by atoms with Gasteiger partial charge in [0.05, 0.1) is 12.3 Å². The second-order valence-corrected chi connectivity index (χ2v) is 13.2. The number of piperazine rings is 1. The van der Waals surface area contributed by atoms with Crippen LogP contribution in [-0.2, 0) is 11.3 Å². The average Bonchev–Trinajstić information content (AvgIpc) is 3.79. The van der Waals surface area contributed by atoms with Crippen molar-refractivity contribution in [3.63, 3.8) is 0 Å². The van der Waals surface area contributed by atoms with Gasteiger partial charge in [0.25, 0.3) is 0 Å². The first-order chi connectivity index (χ1) is 22.2. The van der Waals surface area contributed by atoms with Gasteiger partial charge in [-0.3, -0.25) is 4.79 Å². The molecule has 1 saturated heterocycles. The summed E-state index contributed by atoms with van der Waals surface area (Å²) < 4.78 is 6.18. The molecule has 3 amide bonds. The molecule has 1 aliphatic heterocycles. The Labute approximate surface area is 275 Å². The third-order valence-corrected chi connectivity index (χ3v) is 9.16. The van der Waals surface area contributed by atoms with Gasteiger partial charge in [0.15, 0.2) is 0 Å². The summed E-state index contributed by atoms with van der Waals surface area (Å²) in [5.41, 5.74) is 4.70. The number of hydrogen-bond acceptors (Lipinski definition) is 5. The van der Waals surface area contributed by atoms with Crippen molar-refractivity contribution in [2.45, 2.75) is 38.3 Å². The van der Waals surface area contributed by atoms with E-state index in [0.717, 1.165) is 34.3 Å². The lowest BCUT2D eigenvalue weighted by atomic mass is 9.92. The van der Waals surface area contributed by atoms with E-state index < -0.39 is 6.04 Å². The summed E-state index contributed by atoms with van der Waals surface area (Å²) in [6, 6.07) is 20.6. The van der Waals surface area contributed by atoms with Crippen molar-refractivity contribution in [2.24, 2.45) is 5.92 Å². The number of aromatic amines is 1. The summed E-state index contributed by atoms with van der Waals surface area (Å²) >= 11 is 6.08. The molecule has 2 fully saturated rings. The molecule has 3 N–H and O–H groups in total. The van der Waals surface area contributed by atoms with E-state index in [1.54, 1.807) is 4.90 Å². The molecular formula is C36H43ClN6O3. The number of urea groups is 1. The summed E-state index contributed by atoms with van der Waals surface area (Å²) in [4.78, 5) is 37.5. The molecule has 2 heterocycles. The number of benzene rings is 3. The van der Waals surface area contributed by atoms with E-state index in [9.17, 15) is 9.59 Å². The fraction of sp³-hybridized carbons (Fsp3) is 0.389. The second-order valence-electron chi connectivity index (χ2n) is 12.8. The lowest BCUT2D eigenvalue weighted by molar-refractivity contribution is -0.118. The molecular weight excluding hydrogens is 600 g/mol. The highest BCUT2D eigenvalue weighted by Gasteiger charge is 2.33. The molecule has 0 bridgehead atoms. The molecule has 9 nitrogen and oxygen atoms in total. The van der Waals surface area contributed by atoms with Crippen LogP contribution in [0.2, 0.25) is 5.02 Å². The number of nitrogens with zero attached hydrogens (tertiary/aromatic N) is 3. The molecule has 1 aliphatic carbocycles. The molecule has 10 heteroatoms. The van der Waals surface area contributed by atoms with E-state index in [-0.39, 0.29) is 17.9 Å². The molecule has 0 spiro atoms. The molecule has 242 valence electrons.